The minimum absolute atomic E-state index is 0.0335. The van der Waals surface area contributed by atoms with Crippen LogP contribution < -0.4 is 0 Å². The Morgan fingerprint density at radius 1 is 1.65 bits per heavy atom. The normalized spacial score (nSPS) is 20.4. The van der Waals surface area contributed by atoms with E-state index in [9.17, 15) is 5.11 Å². The third-order valence-electron chi connectivity index (χ3n) is 2.90. The van der Waals surface area contributed by atoms with E-state index in [4.69, 9.17) is 4.74 Å². The molecule has 1 fully saturated rings. The third-order valence-corrected chi connectivity index (χ3v) is 4.80. The molecule has 0 amide bonds. The van der Waals surface area contributed by atoms with E-state index in [1.807, 2.05) is 16.0 Å². The van der Waals surface area contributed by atoms with Gasteiger partial charge in [-0.1, -0.05) is 0 Å². The second-order valence-corrected chi connectivity index (χ2v) is 5.91. The zero-order valence-corrected chi connectivity index (χ0v) is 11.0. The number of fused-ring (bicyclic) bond motifs is 1. The number of aliphatic hydroxyl groups excluding tert-OH is 1. The number of imidazole rings is 1. The predicted octanol–water partition coefficient (Wildman–Crippen LogP) is 2.16. The van der Waals surface area contributed by atoms with Crippen LogP contribution >= 0.6 is 23.1 Å². The largest absolute Gasteiger partial charge is 0.390 e. The van der Waals surface area contributed by atoms with Crippen molar-refractivity contribution in [3.63, 3.8) is 0 Å². The number of thioether (sulfide) groups is 1. The molecule has 1 atom stereocenters. The number of hydrogen-bond donors (Lipinski definition) is 1. The van der Waals surface area contributed by atoms with Gasteiger partial charge in [-0.2, -0.15) is 0 Å². The van der Waals surface area contributed by atoms with E-state index >= 15 is 0 Å². The Balaban J connectivity index is 1.76. The van der Waals surface area contributed by atoms with Crippen LogP contribution in [-0.2, 0) is 11.3 Å². The lowest BCUT2D eigenvalue weighted by Crippen LogP contribution is -2.08. The molecule has 0 aromatic carbocycles. The van der Waals surface area contributed by atoms with Crippen LogP contribution in [0.15, 0.2) is 16.6 Å². The first-order valence-electron chi connectivity index (χ1n) is 5.68. The zero-order chi connectivity index (χ0) is 11.7. The standard InChI is InChI=1S/C11H14N2O2S2/c14-6-9-10(12-11-13(9)3-5-16-11)17-7-8-2-1-4-15-8/h3,5,8,14H,1-2,4,6-7H2. The molecule has 2 aromatic rings. The van der Waals surface area contributed by atoms with E-state index in [-0.39, 0.29) is 6.61 Å². The summed E-state index contributed by atoms with van der Waals surface area (Å²) in [5, 5.41) is 12.3. The minimum Gasteiger partial charge on any atom is -0.390 e. The Hall–Kier alpha value is -0.560. The molecule has 0 bridgehead atoms. The van der Waals surface area contributed by atoms with E-state index in [1.165, 1.54) is 0 Å². The first-order valence-corrected chi connectivity index (χ1v) is 7.54. The maximum atomic E-state index is 9.41. The lowest BCUT2D eigenvalue weighted by atomic mass is 10.3. The molecule has 92 valence electrons. The van der Waals surface area contributed by atoms with Crippen LogP contribution in [0.1, 0.15) is 18.5 Å². The van der Waals surface area contributed by atoms with Crippen molar-refractivity contribution in [3.8, 4) is 0 Å². The molecule has 17 heavy (non-hydrogen) atoms. The summed E-state index contributed by atoms with van der Waals surface area (Å²) in [4.78, 5) is 5.48. The van der Waals surface area contributed by atoms with Gasteiger partial charge < -0.3 is 9.84 Å². The monoisotopic (exact) mass is 270 g/mol. The van der Waals surface area contributed by atoms with Gasteiger partial charge in [0.2, 0.25) is 0 Å². The molecule has 0 spiro atoms. The molecule has 4 nitrogen and oxygen atoms in total. The fourth-order valence-corrected chi connectivity index (χ4v) is 3.90. The number of aliphatic hydroxyl groups is 1. The number of hydrogen-bond acceptors (Lipinski definition) is 5. The fraction of sp³-hybridized carbons (Fsp3) is 0.545. The highest BCUT2D eigenvalue weighted by Crippen LogP contribution is 2.28. The highest BCUT2D eigenvalue weighted by atomic mass is 32.2. The van der Waals surface area contributed by atoms with Gasteiger partial charge in [-0.15, -0.1) is 23.1 Å². The second kappa shape index (κ2) is 4.97. The molecule has 1 saturated heterocycles. The molecule has 6 heteroatoms. The molecular formula is C11H14N2O2S2. The predicted molar refractivity (Wildman–Crippen MR) is 68.7 cm³/mol. The van der Waals surface area contributed by atoms with Gasteiger partial charge in [0.1, 0.15) is 5.03 Å². The van der Waals surface area contributed by atoms with Gasteiger partial charge in [0, 0.05) is 23.9 Å². The van der Waals surface area contributed by atoms with Gasteiger partial charge in [-0.05, 0) is 12.8 Å². The van der Waals surface area contributed by atoms with Crippen molar-refractivity contribution in [1.29, 1.82) is 0 Å². The molecule has 1 N–H and O–H groups in total. The highest BCUT2D eigenvalue weighted by molar-refractivity contribution is 7.99. The Morgan fingerprint density at radius 2 is 2.59 bits per heavy atom. The minimum atomic E-state index is 0.0335. The van der Waals surface area contributed by atoms with Gasteiger partial charge in [-0.3, -0.25) is 4.40 Å². The van der Waals surface area contributed by atoms with Crippen LogP contribution in [0, 0.1) is 0 Å². The van der Waals surface area contributed by atoms with Crippen LogP contribution in [0.5, 0.6) is 0 Å². The summed E-state index contributed by atoms with van der Waals surface area (Å²) in [6, 6.07) is 0. The van der Waals surface area contributed by atoms with Crippen molar-refractivity contribution >= 4 is 28.1 Å². The quantitative estimate of drug-likeness (QED) is 0.865. The maximum absolute atomic E-state index is 9.41. The summed E-state index contributed by atoms with van der Waals surface area (Å²) in [7, 11) is 0. The van der Waals surface area contributed by atoms with E-state index < -0.39 is 0 Å². The molecule has 3 heterocycles. The summed E-state index contributed by atoms with van der Waals surface area (Å²) in [5.74, 6) is 0.928. The SMILES string of the molecule is OCc1c(SCC2CCCO2)nc2sccn12. The summed E-state index contributed by atoms with van der Waals surface area (Å²) in [6.45, 7) is 0.919. The second-order valence-electron chi connectivity index (χ2n) is 4.02. The average Bonchev–Trinajstić information content (AvgIpc) is 3.02. The van der Waals surface area contributed by atoms with Crippen molar-refractivity contribution in [1.82, 2.24) is 9.38 Å². The van der Waals surface area contributed by atoms with Crippen molar-refractivity contribution in [2.45, 2.75) is 30.6 Å². The maximum Gasteiger partial charge on any atom is 0.195 e. The Kier molecular flexibility index (Phi) is 3.37. The van der Waals surface area contributed by atoms with E-state index in [0.29, 0.717) is 6.10 Å². The first-order chi connectivity index (χ1) is 8.38. The van der Waals surface area contributed by atoms with Gasteiger partial charge >= 0.3 is 0 Å². The molecule has 2 aromatic heterocycles. The van der Waals surface area contributed by atoms with E-state index in [1.54, 1.807) is 23.1 Å². The Morgan fingerprint density at radius 3 is 3.35 bits per heavy atom. The molecule has 0 radical (unpaired) electrons. The summed E-state index contributed by atoms with van der Waals surface area (Å²) in [5.41, 5.74) is 0.893. The lowest BCUT2D eigenvalue weighted by molar-refractivity contribution is 0.129. The van der Waals surface area contributed by atoms with Crippen molar-refractivity contribution < 1.29 is 9.84 Å². The summed E-state index contributed by atoms with van der Waals surface area (Å²) in [6.07, 6.45) is 4.61. The van der Waals surface area contributed by atoms with Crippen molar-refractivity contribution in [2.24, 2.45) is 0 Å². The average molecular weight is 270 g/mol. The van der Waals surface area contributed by atoms with Crippen molar-refractivity contribution in [3.05, 3.63) is 17.3 Å². The van der Waals surface area contributed by atoms with Crippen molar-refractivity contribution in [2.75, 3.05) is 12.4 Å². The molecule has 0 aliphatic carbocycles. The summed E-state index contributed by atoms with van der Waals surface area (Å²) >= 11 is 3.28. The highest BCUT2D eigenvalue weighted by Gasteiger charge is 2.18. The Labute approximate surface area is 108 Å². The first kappa shape index (κ1) is 11.5. The van der Waals surface area contributed by atoms with Crippen LogP contribution in [0.2, 0.25) is 0 Å². The molecule has 3 rings (SSSR count). The third kappa shape index (κ3) is 2.22. The number of thiazole rings is 1. The van der Waals surface area contributed by atoms with Gasteiger partial charge in [0.25, 0.3) is 0 Å². The van der Waals surface area contributed by atoms with Crippen LogP contribution in [0.3, 0.4) is 0 Å². The number of rotatable bonds is 4. The number of nitrogens with zero attached hydrogens (tertiary/aromatic N) is 2. The van der Waals surface area contributed by atoms with Gasteiger partial charge in [0.15, 0.2) is 4.96 Å². The fourth-order valence-electron chi connectivity index (χ4n) is 2.02. The molecule has 1 aliphatic rings. The van der Waals surface area contributed by atoms with Crippen LogP contribution in [0.25, 0.3) is 4.96 Å². The number of ether oxygens (including phenoxy) is 1. The van der Waals surface area contributed by atoms with Gasteiger partial charge in [0.05, 0.1) is 18.4 Å². The molecule has 0 saturated carbocycles. The Bertz CT molecular complexity index is 503. The van der Waals surface area contributed by atoms with E-state index in [2.05, 4.69) is 4.98 Å². The smallest absolute Gasteiger partial charge is 0.195 e. The summed E-state index contributed by atoms with van der Waals surface area (Å²) < 4.78 is 7.55. The molecule has 1 unspecified atom stereocenters. The van der Waals surface area contributed by atoms with Gasteiger partial charge in [-0.25, -0.2) is 4.98 Å². The van der Waals surface area contributed by atoms with Crippen LogP contribution in [-0.4, -0.2) is 33.0 Å². The lowest BCUT2D eigenvalue weighted by Gasteiger charge is -2.07. The topological polar surface area (TPSA) is 46.8 Å². The number of aromatic nitrogens is 2. The molecular weight excluding hydrogens is 256 g/mol. The van der Waals surface area contributed by atoms with E-state index in [0.717, 1.165) is 40.9 Å². The van der Waals surface area contributed by atoms with Crippen LogP contribution in [0.4, 0.5) is 0 Å². The molecule has 1 aliphatic heterocycles. The zero-order valence-electron chi connectivity index (χ0n) is 9.33.